The van der Waals surface area contributed by atoms with Crippen LogP contribution >= 0.6 is 0 Å². The van der Waals surface area contributed by atoms with Gasteiger partial charge < -0.3 is 19.5 Å². The first-order valence-corrected chi connectivity index (χ1v) is 10.1. The van der Waals surface area contributed by atoms with Gasteiger partial charge in [-0.2, -0.15) is 0 Å². The Labute approximate surface area is 170 Å². The molecule has 0 fully saturated rings. The SMILES string of the molecule is C[C@H](NC(=O)COC(=O)[C@@H]1COc2ccccc2O1)c1ccc2c(c1)CCCC2. The number of benzene rings is 2. The van der Waals surface area contributed by atoms with Crippen molar-refractivity contribution in [2.45, 2.75) is 44.8 Å². The van der Waals surface area contributed by atoms with E-state index in [1.165, 1.54) is 24.0 Å². The first-order chi connectivity index (χ1) is 14.1. The number of nitrogens with one attached hydrogen (secondary N) is 1. The summed E-state index contributed by atoms with van der Waals surface area (Å²) in [4.78, 5) is 24.5. The summed E-state index contributed by atoms with van der Waals surface area (Å²) in [5.74, 6) is 0.121. The Kier molecular flexibility index (Phi) is 5.69. The summed E-state index contributed by atoms with van der Waals surface area (Å²) in [6.45, 7) is 1.64. The number of aryl methyl sites for hydroxylation is 2. The van der Waals surface area contributed by atoms with Crippen LogP contribution in [-0.4, -0.2) is 31.2 Å². The predicted molar refractivity (Wildman–Crippen MR) is 107 cm³/mol. The lowest BCUT2D eigenvalue weighted by Crippen LogP contribution is -2.40. The van der Waals surface area contributed by atoms with Gasteiger partial charge in [0.1, 0.15) is 6.61 Å². The van der Waals surface area contributed by atoms with Gasteiger partial charge in [0.25, 0.3) is 5.91 Å². The van der Waals surface area contributed by atoms with E-state index in [0.717, 1.165) is 18.4 Å². The molecule has 4 rings (SSSR count). The molecule has 1 N–H and O–H groups in total. The Bertz CT molecular complexity index is 910. The number of rotatable bonds is 5. The number of hydrogen-bond donors (Lipinski definition) is 1. The second kappa shape index (κ2) is 8.55. The maximum Gasteiger partial charge on any atom is 0.351 e. The van der Waals surface area contributed by atoms with E-state index in [4.69, 9.17) is 14.2 Å². The highest BCUT2D eigenvalue weighted by Crippen LogP contribution is 2.31. The molecule has 0 radical (unpaired) electrons. The van der Waals surface area contributed by atoms with Crippen molar-refractivity contribution in [2.75, 3.05) is 13.2 Å². The Morgan fingerprint density at radius 2 is 1.86 bits per heavy atom. The van der Waals surface area contributed by atoms with E-state index >= 15 is 0 Å². The van der Waals surface area contributed by atoms with E-state index < -0.39 is 12.1 Å². The molecule has 1 heterocycles. The lowest BCUT2D eigenvalue weighted by Gasteiger charge is -2.25. The van der Waals surface area contributed by atoms with Crippen molar-refractivity contribution < 1.29 is 23.8 Å². The number of esters is 1. The van der Waals surface area contributed by atoms with Gasteiger partial charge in [-0.05, 0) is 61.4 Å². The average molecular weight is 395 g/mol. The Morgan fingerprint density at radius 1 is 1.10 bits per heavy atom. The van der Waals surface area contributed by atoms with Crippen molar-refractivity contribution in [3.05, 3.63) is 59.2 Å². The van der Waals surface area contributed by atoms with Gasteiger partial charge in [0.2, 0.25) is 6.10 Å². The van der Waals surface area contributed by atoms with Gasteiger partial charge in [-0.3, -0.25) is 4.79 Å². The van der Waals surface area contributed by atoms with Gasteiger partial charge in [0.05, 0.1) is 6.04 Å². The van der Waals surface area contributed by atoms with Gasteiger partial charge in [-0.15, -0.1) is 0 Å². The smallest absolute Gasteiger partial charge is 0.351 e. The van der Waals surface area contributed by atoms with Crippen LogP contribution in [0.4, 0.5) is 0 Å². The van der Waals surface area contributed by atoms with E-state index in [2.05, 4.69) is 23.5 Å². The molecule has 2 aliphatic rings. The summed E-state index contributed by atoms with van der Waals surface area (Å²) >= 11 is 0. The molecule has 6 heteroatoms. The van der Waals surface area contributed by atoms with Gasteiger partial charge >= 0.3 is 5.97 Å². The summed E-state index contributed by atoms with van der Waals surface area (Å²) in [5, 5.41) is 2.89. The number of hydrogen-bond acceptors (Lipinski definition) is 5. The molecule has 0 bridgehead atoms. The molecular weight excluding hydrogens is 370 g/mol. The molecule has 0 spiro atoms. The molecular formula is C23H25NO5. The maximum atomic E-state index is 12.2. The summed E-state index contributed by atoms with van der Waals surface area (Å²) in [5.41, 5.74) is 3.84. The highest BCUT2D eigenvalue weighted by atomic mass is 16.6. The van der Waals surface area contributed by atoms with Crippen molar-refractivity contribution in [3.8, 4) is 11.5 Å². The molecule has 0 unspecified atom stereocenters. The number of fused-ring (bicyclic) bond motifs is 2. The van der Waals surface area contributed by atoms with E-state index in [1.807, 2.05) is 13.0 Å². The third-order valence-corrected chi connectivity index (χ3v) is 5.37. The van der Waals surface area contributed by atoms with Crippen LogP contribution in [-0.2, 0) is 27.2 Å². The van der Waals surface area contributed by atoms with Gasteiger partial charge in [-0.1, -0.05) is 30.3 Å². The average Bonchev–Trinajstić information content (AvgIpc) is 2.76. The summed E-state index contributed by atoms with van der Waals surface area (Å²) < 4.78 is 16.2. The largest absolute Gasteiger partial charge is 0.485 e. The lowest BCUT2D eigenvalue weighted by molar-refractivity contribution is -0.157. The Morgan fingerprint density at radius 3 is 2.69 bits per heavy atom. The fourth-order valence-electron chi connectivity index (χ4n) is 3.75. The van der Waals surface area contributed by atoms with Crippen molar-refractivity contribution in [1.82, 2.24) is 5.32 Å². The number of para-hydroxylation sites is 2. The standard InChI is InChI=1S/C23H25NO5/c1-15(17-11-10-16-6-2-3-7-18(16)12-17)24-22(25)14-28-23(26)21-13-27-19-8-4-5-9-20(19)29-21/h4-5,8-12,15,21H,2-3,6-7,13-14H2,1H3,(H,24,25)/t15-,21-/m0/s1. The number of amides is 1. The van der Waals surface area contributed by atoms with Gasteiger partial charge in [0, 0.05) is 0 Å². The zero-order valence-corrected chi connectivity index (χ0v) is 16.5. The molecule has 2 aromatic rings. The molecule has 1 aliphatic heterocycles. The van der Waals surface area contributed by atoms with E-state index in [-0.39, 0.29) is 25.2 Å². The third-order valence-electron chi connectivity index (χ3n) is 5.37. The second-order valence-corrected chi connectivity index (χ2v) is 7.50. The van der Waals surface area contributed by atoms with Crippen LogP contribution in [0.3, 0.4) is 0 Å². The molecule has 0 saturated heterocycles. The quantitative estimate of drug-likeness (QED) is 0.788. The summed E-state index contributed by atoms with van der Waals surface area (Å²) in [6, 6.07) is 13.4. The Balaban J connectivity index is 1.27. The minimum absolute atomic E-state index is 0.0585. The molecule has 152 valence electrons. The third kappa shape index (κ3) is 4.53. The first-order valence-electron chi connectivity index (χ1n) is 10.1. The topological polar surface area (TPSA) is 73.9 Å². The highest BCUT2D eigenvalue weighted by molar-refractivity contribution is 5.82. The molecule has 1 amide bonds. The minimum Gasteiger partial charge on any atom is -0.485 e. The molecule has 6 nitrogen and oxygen atoms in total. The molecule has 0 saturated carbocycles. The van der Waals surface area contributed by atoms with E-state index in [0.29, 0.717) is 11.5 Å². The number of ether oxygens (including phenoxy) is 3. The van der Waals surface area contributed by atoms with Crippen LogP contribution in [0.25, 0.3) is 0 Å². The van der Waals surface area contributed by atoms with Crippen molar-refractivity contribution in [3.63, 3.8) is 0 Å². The van der Waals surface area contributed by atoms with E-state index in [9.17, 15) is 9.59 Å². The minimum atomic E-state index is -0.879. The number of carbonyl (C=O) groups is 2. The number of carbonyl (C=O) groups excluding carboxylic acids is 2. The monoisotopic (exact) mass is 395 g/mol. The van der Waals surface area contributed by atoms with Gasteiger partial charge in [0.15, 0.2) is 18.1 Å². The summed E-state index contributed by atoms with van der Waals surface area (Å²) in [7, 11) is 0. The molecule has 1 aliphatic carbocycles. The molecule has 2 aromatic carbocycles. The van der Waals surface area contributed by atoms with Crippen molar-refractivity contribution in [2.24, 2.45) is 0 Å². The summed E-state index contributed by atoms with van der Waals surface area (Å²) in [6.07, 6.45) is 3.80. The van der Waals surface area contributed by atoms with Crippen LogP contribution in [0.15, 0.2) is 42.5 Å². The van der Waals surface area contributed by atoms with Gasteiger partial charge in [-0.25, -0.2) is 4.79 Å². The lowest BCUT2D eigenvalue weighted by atomic mass is 9.89. The zero-order valence-electron chi connectivity index (χ0n) is 16.5. The van der Waals surface area contributed by atoms with Crippen LogP contribution < -0.4 is 14.8 Å². The van der Waals surface area contributed by atoms with Crippen molar-refractivity contribution in [1.29, 1.82) is 0 Å². The molecule has 0 aromatic heterocycles. The zero-order chi connectivity index (χ0) is 20.2. The Hall–Kier alpha value is -3.02. The fraction of sp³-hybridized carbons (Fsp3) is 0.391. The molecule has 29 heavy (non-hydrogen) atoms. The van der Waals surface area contributed by atoms with Crippen LogP contribution in [0, 0.1) is 0 Å². The fourth-order valence-corrected chi connectivity index (χ4v) is 3.75. The normalized spacial score (nSPS) is 18.3. The predicted octanol–water partition coefficient (Wildman–Crippen LogP) is 3.13. The second-order valence-electron chi connectivity index (χ2n) is 7.50. The highest BCUT2D eigenvalue weighted by Gasteiger charge is 2.29. The van der Waals surface area contributed by atoms with Crippen LogP contribution in [0.1, 0.15) is 42.5 Å². The van der Waals surface area contributed by atoms with Crippen LogP contribution in [0.2, 0.25) is 0 Å². The van der Waals surface area contributed by atoms with Crippen LogP contribution in [0.5, 0.6) is 11.5 Å². The van der Waals surface area contributed by atoms with E-state index in [1.54, 1.807) is 18.2 Å². The molecule has 2 atom stereocenters. The van der Waals surface area contributed by atoms with Crippen molar-refractivity contribution >= 4 is 11.9 Å². The maximum absolute atomic E-state index is 12.2. The first kappa shape index (κ1) is 19.3.